The summed E-state index contributed by atoms with van der Waals surface area (Å²) in [5.74, 6) is -4.69. The van der Waals surface area contributed by atoms with Gasteiger partial charge in [-0.1, -0.05) is 9.24 Å². The number of anilines is 1. The number of aromatic hydroxyl groups is 1. The summed E-state index contributed by atoms with van der Waals surface area (Å²) in [5.41, 5.74) is 0.591. The molecule has 0 radical (unpaired) electrons. The van der Waals surface area contributed by atoms with Crippen LogP contribution in [0.5, 0.6) is 5.75 Å². The number of β-lactam (4-membered cyclic amide) rings is 1. The van der Waals surface area contributed by atoms with E-state index in [4.69, 9.17) is 10.6 Å². The van der Waals surface area contributed by atoms with Gasteiger partial charge in [0.25, 0.3) is 11.8 Å². The number of oxime groups is 1. The van der Waals surface area contributed by atoms with E-state index in [1.54, 1.807) is 0 Å². The molecule has 24 heteroatoms. The van der Waals surface area contributed by atoms with Crippen LogP contribution in [0.1, 0.15) is 19.5 Å². The van der Waals surface area contributed by atoms with Crippen LogP contribution in [0, 0.1) is 0 Å². The van der Waals surface area contributed by atoms with Crippen LogP contribution in [-0.4, -0.2) is 107 Å². The van der Waals surface area contributed by atoms with Crippen molar-refractivity contribution in [2.45, 2.75) is 32.0 Å². The van der Waals surface area contributed by atoms with Crippen molar-refractivity contribution in [1.29, 1.82) is 0 Å². The molecular formula is C22H24N10O12S2. The molecule has 3 aromatic heterocycles. The van der Waals surface area contributed by atoms with E-state index < -0.39 is 93.8 Å². The lowest BCUT2D eigenvalue weighted by molar-refractivity contribution is -0.161. The number of aromatic amines is 1. The van der Waals surface area contributed by atoms with Crippen LogP contribution in [0.3, 0.4) is 0 Å². The van der Waals surface area contributed by atoms with Gasteiger partial charge in [-0.15, -0.1) is 16.4 Å². The van der Waals surface area contributed by atoms with Crippen LogP contribution in [0.4, 0.5) is 9.93 Å². The first-order valence-electron chi connectivity index (χ1n) is 12.6. The van der Waals surface area contributed by atoms with Gasteiger partial charge >= 0.3 is 27.9 Å². The maximum absolute atomic E-state index is 12.9. The second-order valence-electron chi connectivity index (χ2n) is 9.73. The summed E-state index contributed by atoms with van der Waals surface area (Å²) in [6.07, 6.45) is 0.858. The van der Waals surface area contributed by atoms with Crippen molar-refractivity contribution in [3.8, 4) is 17.3 Å². The van der Waals surface area contributed by atoms with Crippen molar-refractivity contribution in [2.75, 3.05) is 18.9 Å². The Morgan fingerprint density at radius 1 is 1.28 bits per heavy atom. The number of nitrogens with zero attached hydrogens (tertiary/aromatic N) is 6. The first kappa shape index (κ1) is 33.3. The monoisotopic (exact) mass is 684 g/mol. The number of imide groups is 1. The molecule has 0 spiro atoms. The predicted octanol–water partition coefficient (Wildman–Crippen LogP) is -3.45. The van der Waals surface area contributed by atoms with Crippen molar-refractivity contribution in [3.05, 3.63) is 44.0 Å². The van der Waals surface area contributed by atoms with Crippen LogP contribution in [0.15, 0.2) is 32.4 Å². The Kier molecular flexibility index (Phi) is 8.97. The third kappa shape index (κ3) is 6.57. The molecule has 1 fully saturated rings. The van der Waals surface area contributed by atoms with Gasteiger partial charge in [0.2, 0.25) is 11.0 Å². The van der Waals surface area contributed by atoms with E-state index in [2.05, 4.69) is 25.5 Å². The first-order chi connectivity index (χ1) is 21.5. The number of carboxylic acids is 1. The molecule has 22 nitrogen and oxygen atoms in total. The number of thiazole rings is 1. The number of hydrogen-bond acceptors (Lipinski definition) is 16. The van der Waals surface area contributed by atoms with Gasteiger partial charge in [-0.3, -0.25) is 23.9 Å². The quantitative estimate of drug-likeness (QED) is 0.0587. The molecule has 4 amide bonds. The molecule has 0 aromatic carbocycles. The van der Waals surface area contributed by atoms with Gasteiger partial charge in [0.15, 0.2) is 22.4 Å². The topological polar surface area (TPSA) is 324 Å². The number of nitrogens with one attached hydrogen (secondary N) is 3. The zero-order valence-electron chi connectivity index (χ0n) is 23.5. The summed E-state index contributed by atoms with van der Waals surface area (Å²) in [7, 11) is -5.13. The number of urea groups is 1. The van der Waals surface area contributed by atoms with Gasteiger partial charge in [0.05, 0.1) is 25.4 Å². The fraction of sp³-hybridized carbons (Fsp3) is 0.318. The fourth-order valence-electron chi connectivity index (χ4n) is 3.58. The number of carboxylic acid groups (broad SMARTS) is 1. The minimum atomic E-state index is -5.13. The van der Waals surface area contributed by atoms with Gasteiger partial charge < -0.3 is 36.2 Å². The summed E-state index contributed by atoms with van der Waals surface area (Å²) < 4.78 is 27.9. The SMILES string of the molecule is CC(C)(O/N=C(\C(=O)N[C@H]1CN(C(=O)NS(=O)(=O)n2nc(-c3cc(=O)c(O)c[nH]3)n(CCO)c2=O)C1=O)c1csc(N)n1)C(=O)O. The number of aliphatic carboxylic acids is 1. The predicted molar refractivity (Wildman–Crippen MR) is 154 cm³/mol. The number of nitrogens with two attached hydrogens (primary N) is 1. The number of pyridine rings is 1. The fourth-order valence-corrected chi connectivity index (χ4v) is 5.03. The Bertz CT molecular complexity index is 1990. The van der Waals surface area contributed by atoms with E-state index in [-0.39, 0.29) is 20.6 Å². The minimum Gasteiger partial charge on any atom is -0.503 e. The van der Waals surface area contributed by atoms with Crippen LogP contribution >= 0.6 is 11.3 Å². The van der Waals surface area contributed by atoms with Crippen molar-refractivity contribution < 1.29 is 47.8 Å². The van der Waals surface area contributed by atoms with Gasteiger partial charge in [0, 0.05) is 17.6 Å². The highest BCUT2D eigenvalue weighted by atomic mass is 32.2. The highest BCUT2D eigenvalue weighted by Gasteiger charge is 2.44. The average Bonchev–Trinajstić information content (AvgIpc) is 3.55. The van der Waals surface area contributed by atoms with E-state index in [1.807, 2.05) is 0 Å². The Labute approximate surface area is 259 Å². The van der Waals surface area contributed by atoms with Crippen molar-refractivity contribution in [3.63, 3.8) is 0 Å². The highest BCUT2D eigenvalue weighted by Crippen LogP contribution is 2.17. The van der Waals surface area contributed by atoms with E-state index in [0.717, 1.165) is 37.4 Å². The lowest BCUT2D eigenvalue weighted by atomic mass is 10.1. The number of carbonyl (C=O) groups excluding carboxylic acids is 3. The molecule has 4 rings (SSSR count). The Balaban J connectivity index is 1.49. The van der Waals surface area contributed by atoms with Gasteiger partial charge in [0.1, 0.15) is 11.7 Å². The second kappa shape index (κ2) is 12.4. The molecular weight excluding hydrogens is 660 g/mol. The summed E-state index contributed by atoms with van der Waals surface area (Å²) in [6, 6.07) is -2.09. The molecule has 1 aliphatic heterocycles. The summed E-state index contributed by atoms with van der Waals surface area (Å²) >= 11 is 0.923. The van der Waals surface area contributed by atoms with E-state index >= 15 is 0 Å². The lowest BCUT2D eigenvalue weighted by Gasteiger charge is -2.36. The van der Waals surface area contributed by atoms with Gasteiger partial charge in [-0.2, -0.15) is 8.42 Å². The number of nitrogen functional groups attached to an aromatic ring is 1. The minimum absolute atomic E-state index is 0.0283. The molecule has 1 saturated heterocycles. The molecule has 1 atom stereocenters. The highest BCUT2D eigenvalue weighted by molar-refractivity contribution is 7.88. The zero-order chi connectivity index (χ0) is 34.1. The molecule has 0 aliphatic carbocycles. The van der Waals surface area contributed by atoms with E-state index in [9.17, 15) is 52.5 Å². The molecule has 1 aliphatic rings. The molecule has 0 bridgehead atoms. The van der Waals surface area contributed by atoms with Crippen LogP contribution in [-0.2, 0) is 36.0 Å². The number of aromatic nitrogens is 5. The molecule has 3 aromatic rings. The summed E-state index contributed by atoms with van der Waals surface area (Å²) in [6.45, 7) is 0.625. The first-order valence-corrected chi connectivity index (χ1v) is 14.9. The lowest BCUT2D eigenvalue weighted by Crippen LogP contribution is -2.68. The van der Waals surface area contributed by atoms with Gasteiger partial charge in [-0.05, 0) is 13.8 Å². The number of likely N-dealkylation sites (tertiary alicyclic amines) is 1. The standard InChI is InChI=1S/C22H24N10O12S2/c1-22(2,18(38)39)44-28-14(11-8-45-19(23)26-11)16(36)25-10-7-31(17(10)37)20(40)29-46(42,43)32-21(41)30(3-4-33)15(27-32)9-5-12(34)13(35)6-24-9/h5-6,8,10,33,35H,3-4,7H2,1-2H3,(H2,23,26)(H,24,34)(H,25,36)(H,29,40)(H,38,39)/b28-14-/t10-/m0/s1. The van der Waals surface area contributed by atoms with Crippen molar-refractivity contribution in [2.24, 2.45) is 5.16 Å². The van der Waals surface area contributed by atoms with Crippen LogP contribution in [0.2, 0.25) is 0 Å². The number of hydrogen-bond donors (Lipinski definition) is 7. The number of aliphatic hydroxyl groups is 1. The second-order valence-corrected chi connectivity index (χ2v) is 12.1. The summed E-state index contributed by atoms with van der Waals surface area (Å²) in [5, 5.41) is 38.8. The van der Waals surface area contributed by atoms with Gasteiger partial charge in [-0.25, -0.2) is 24.1 Å². The van der Waals surface area contributed by atoms with Crippen LogP contribution < -0.4 is 26.9 Å². The number of aliphatic hydroxyl groups excluding tert-OH is 1. The van der Waals surface area contributed by atoms with E-state index in [0.29, 0.717) is 9.47 Å². The molecule has 8 N–H and O–H groups in total. The largest absolute Gasteiger partial charge is 0.503 e. The maximum atomic E-state index is 12.9. The van der Waals surface area contributed by atoms with Crippen molar-refractivity contribution >= 4 is 56.2 Å². The number of amides is 4. The molecule has 46 heavy (non-hydrogen) atoms. The third-order valence-corrected chi connectivity index (χ3v) is 7.88. The molecule has 246 valence electrons. The molecule has 4 heterocycles. The molecule has 0 unspecified atom stereocenters. The van der Waals surface area contributed by atoms with Crippen molar-refractivity contribution in [1.82, 2.24) is 38.7 Å². The van der Waals surface area contributed by atoms with Crippen LogP contribution in [0.25, 0.3) is 11.5 Å². The average molecular weight is 685 g/mol. The zero-order valence-corrected chi connectivity index (χ0v) is 25.2. The summed E-state index contributed by atoms with van der Waals surface area (Å²) in [4.78, 5) is 86.0. The number of H-pyrrole nitrogens is 1. The third-order valence-electron chi connectivity index (χ3n) is 6.08. The number of rotatable bonds is 11. The number of carbonyl (C=O) groups is 4. The molecule has 0 saturated carbocycles. The normalized spacial score (nSPS) is 15.3. The Morgan fingerprint density at radius 2 is 1.98 bits per heavy atom. The Morgan fingerprint density at radius 3 is 2.54 bits per heavy atom. The Hall–Kier alpha value is -5.62. The maximum Gasteiger partial charge on any atom is 0.362 e. The van der Waals surface area contributed by atoms with E-state index in [1.165, 1.54) is 10.1 Å². The smallest absolute Gasteiger partial charge is 0.362 e.